The molecule has 2 N–H and O–H groups in total. The fourth-order valence-electron chi connectivity index (χ4n) is 1.86. The second kappa shape index (κ2) is 6.51. The van der Waals surface area contributed by atoms with Gasteiger partial charge in [-0.05, 0) is 32.4 Å². The van der Waals surface area contributed by atoms with E-state index in [2.05, 4.69) is 10.3 Å². The number of methoxy groups -OCH3 is 1. The van der Waals surface area contributed by atoms with Gasteiger partial charge in [-0.25, -0.2) is 9.59 Å². The number of carbonyl (C=O) groups excluding carboxylic acids is 2. The fourth-order valence-corrected chi connectivity index (χ4v) is 2.96. The molecule has 0 saturated carbocycles. The monoisotopic (exact) mass is 338 g/mol. The van der Waals surface area contributed by atoms with Crippen LogP contribution < -0.4 is 5.32 Å². The Kier molecular flexibility index (Phi) is 4.86. The van der Waals surface area contributed by atoms with Gasteiger partial charge in [-0.3, -0.25) is 10.3 Å². The normalized spacial score (nSPS) is 11.3. The van der Waals surface area contributed by atoms with Crippen LogP contribution in [0.1, 0.15) is 36.0 Å². The molecule has 0 aromatic carbocycles. The van der Waals surface area contributed by atoms with Gasteiger partial charge in [-0.1, -0.05) is 0 Å². The van der Waals surface area contributed by atoms with E-state index in [1.807, 2.05) is 0 Å². The first-order chi connectivity index (χ1) is 10.7. The molecule has 0 unspecified atom stereocenters. The largest absolute Gasteiger partial charge is 0.465 e. The molecule has 0 aliphatic carbocycles. The minimum atomic E-state index is -0.685. The number of aromatic nitrogens is 1. The number of thiophene rings is 1. The van der Waals surface area contributed by atoms with Gasteiger partial charge in [0.15, 0.2) is 0 Å². The van der Waals surface area contributed by atoms with Crippen molar-refractivity contribution in [2.24, 2.45) is 0 Å². The molecule has 0 atom stereocenters. The van der Waals surface area contributed by atoms with E-state index in [4.69, 9.17) is 9.47 Å². The lowest BCUT2D eigenvalue weighted by Crippen LogP contribution is -2.27. The van der Waals surface area contributed by atoms with E-state index in [9.17, 15) is 14.7 Å². The quantitative estimate of drug-likeness (QED) is 0.835. The number of anilines is 1. The molecule has 2 heterocycles. The Labute approximate surface area is 137 Å². The van der Waals surface area contributed by atoms with E-state index in [0.717, 1.165) is 11.3 Å². The Morgan fingerprint density at radius 3 is 2.65 bits per heavy atom. The summed E-state index contributed by atoms with van der Waals surface area (Å²) in [5, 5.41) is 11.8. The van der Waals surface area contributed by atoms with Crippen LogP contribution >= 0.6 is 11.3 Å². The second-order valence-electron chi connectivity index (χ2n) is 5.77. The van der Waals surface area contributed by atoms with Crippen molar-refractivity contribution in [3.63, 3.8) is 0 Å². The lowest BCUT2D eigenvalue weighted by atomic mass is 10.2. The van der Waals surface area contributed by atoms with E-state index in [1.54, 1.807) is 26.8 Å². The SMILES string of the molecule is COC(=O)c1sc2cc(CO)cnc2c1NC(=O)OC(C)(C)C. The van der Waals surface area contributed by atoms with Crippen molar-refractivity contribution in [2.45, 2.75) is 33.0 Å². The third kappa shape index (κ3) is 3.96. The van der Waals surface area contributed by atoms with E-state index in [0.29, 0.717) is 15.8 Å². The van der Waals surface area contributed by atoms with Gasteiger partial charge in [0.1, 0.15) is 16.0 Å². The minimum absolute atomic E-state index is 0.163. The smallest absolute Gasteiger partial charge is 0.412 e. The van der Waals surface area contributed by atoms with Gasteiger partial charge in [0, 0.05) is 6.20 Å². The average molecular weight is 338 g/mol. The van der Waals surface area contributed by atoms with Gasteiger partial charge in [0.2, 0.25) is 0 Å². The molecule has 124 valence electrons. The predicted molar refractivity (Wildman–Crippen MR) is 86.7 cm³/mol. The van der Waals surface area contributed by atoms with E-state index in [-0.39, 0.29) is 17.2 Å². The zero-order chi connectivity index (χ0) is 17.2. The maximum atomic E-state index is 12.0. The number of nitrogens with zero attached hydrogens (tertiary/aromatic N) is 1. The topological polar surface area (TPSA) is 97.8 Å². The number of esters is 1. The van der Waals surface area contributed by atoms with Crippen molar-refractivity contribution in [2.75, 3.05) is 12.4 Å². The molecule has 2 rings (SSSR count). The molecule has 0 aliphatic heterocycles. The third-order valence-corrected chi connectivity index (χ3v) is 3.87. The molecule has 0 aliphatic rings. The molecule has 8 heteroatoms. The molecular weight excluding hydrogens is 320 g/mol. The summed E-state index contributed by atoms with van der Waals surface area (Å²) in [7, 11) is 1.26. The van der Waals surface area contributed by atoms with Gasteiger partial charge in [-0.2, -0.15) is 0 Å². The zero-order valence-corrected chi connectivity index (χ0v) is 14.1. The van der Waals surface area contributed by atoms with Crippen LogP contribution in [0.5, 0.6) is 0 Å². The summed E-state index contributed by atoms with van der Waals surface area (Å²) in [6.45, 7) is 5.06. The number of rotatable bonds is 3. The van der Waals surface area contributed by atoms with Crippen LogP contribution in [0.15, 0.2) is 12.3 Å². The maximum Gasteiger partial charge on any atom is 0.412 e. The maximum absolute atomic E-state index is 12.0. The number of ether oxygens (including phenoxy) is 2. The molecule has 23 heavy (non-hydrogen) atoms. The molecule has 0 spiro atoms. The number of fused-ring (bicyclic) bond motifs is 1. The van der Waals surface area contributed by atoms with E-state index >= 15 is 0 Å². The molecule has 0 saturated heterocycles. The number of hydrogen-bond donors (Lipinski definition) is 2. The van der Waals surface area contributed by atoms with Gasteiger partial charge in [0.25, 0.3) is 0 Å². The van der Waals surface area contributed by atoms with Crippen molar-refractivity contribution in [1.29, 1.82) is 0 Å². The average Bonchev–Trinajstić information content (AvgIpc) is 2.82. The van der Waals surface area contributed by atoms with Crippen molar-refractivity contribution >= 4 is 39.3 Å². The van der Waals surface area contributed by atoms with E-state index in [1.165, 1.54) is 13.3 Å². The molecule has 2 aromatic rings. The third-order valence-electron chi connectivity index (χ3n) is 2.76. The van der Waals surface area contributed by atoms with Crippen molar-refractivity contribution in [1.82, 2.24) is 4.98 Å². The number of pyridine rings is 1. The standard InChI is InChI=1S/C15H18N2O5S/c1-15(2,3)22-14(20)17-11-10-9(5-8(7-18)6-16-10)23-12(11)13(19)21-4/h5-6,18H,7H2,1-4H3,(H,17,20). The van der Waals surface area contributed by atoms with Crippen molar-refractivity contribution in [3.05, 3.63) is 22.7 Å². The Hall–Kier alpha value is -2.19. The van der Waals surface area contributed by atoms with Crippen LogP contribution in [-0.4, -0.2) is 34.9 Å². The number of aliphatic hydroxyl groups excluding tert-OH is 1. The molecule has 0 bridgehead atoms. The van der Waals surface area contributed by atoms with Crippen LogP contribution in [0.25, 0.3) is 10.2 Å². The number of hydrogen-bond acceptors (Lipinski definition) is 7. The van der Waals surface area contributed by atoms with Crippen LogP contribution in [0.2, 0.25) is 0 Å². The Morgan fingerprint density at radius 2 is 2.09 bits per heavy atom. The Balaban J connectivity index is 2.46. The number of carbonyl (C=O) groups is 2. The van der Waals surface area contributed by atoms with Crippen LogP contribution in [0, 0.1) is 0 Å². The van der Waals surface area contributed by atoms with E-state index < -0.39 is 17.7 Å². The summed E-state index contributed by atoms with van der Waals surface area (Å²) in [6.07, 6.45) is 0.798. The number of aliphatic hydroxyl groups is 1. The Bertz CT molecular complexity index is 748. The summed E-state index contributed by atoms with van der Waals surface area (Å²) in [5.74, 6) is -0.579. The van der Waals surface area contributed by atoms with Gasteiger partial charge >= 0.3 is 12.1 Å². The van der Waals surface area contributed by atoms with Crippen molar-refractivity contribution < 1.29 is 24.2 Å². The molecule has 2 aromatic heterocycles. The van der Waals surface area contributed by atoms with Gasteiger partial charge < -0.3 is 14.6 Å². The number of nitrogens with one attached hydrogen (secondary N) is 1. The summed E-state index contributed by atoms with van der Waals surface area (Å²) in [5.41, 5.74) is 0.631. The molecule has 7 nitrogen and oxygen atoms in total. The lowest BCUT2D eigenvalue weighted by molar-refractivity contribution is 0.0607. The first kappa shape index (κ1) is 17.2. The molecule has 0 fully saturated rings. The molecular formula is C15H18N2O5S. The summed E-state index contributed by atoms with van der Waals surface area (Å²) < 4.78 is 10.6. The van der Waals surface area contributed by atoms with Crippen LogP contribution in [0.4, 0.5) is 10.5 Å². The van der Waals surface area contributed by atoms with Gasteiger partial charge in [-0.15, -0.1) is 11.3 Å². The highest BCUT2D eigenvalue weighted by Gasteiger charge is 2.24. The highest BCUT2D eigenvalue weighted by atomic mass is 32.1. The highest BCUT2D eigenvalue weighted by Crippen LogP contribution is 2.35. The number of amides is 1. The van der Waals surface area contributed by atoms with Crippen LogP contribution in [-0.2, 0) is 16.1 Å². The van der Waals surface area contributed by atoms with Crippen molar-refractivity contribution in [3.8, 4) is 0 Å². The predicted octanol–water partition coefficient (Wildman–Crippen LogP) is 2.92. The summed E-state index contributed by atoms with van der Waals surface area (Å²) in [4.78, 5) is 28.4. The van der Waals surface area contributed by atoms with Gasteiger partial charge in [0.05, 0.1) is 24.1 Å². The summed E-state index contributed by atoms with van der Waals surface area (Å²) >= 11 is 1.13. The molecule has 1 amide bonds. The highest BCUT2D eigenvalue weighted by molar-refractivity contribution is 7.21. The second-order valence-corrected chi connectivity index (χ2v) is 6.83. The first-order valence-corrected chi connectivity index (χ1v) is 7.67. The first-order valence-electron chi connectivity index (χ1n) is 6.85. The van der Waals surface area contributed by atoms with Crippen LogP contribution in [0.3, 0.4) is 0 Å². The fraction of sp³-hybridized carbons (Fsp3) is 0.400. The Morgan fingerprint density at radius 1 is 1.39 bits per heavy atom. The lowest BCUT2D eigenvalue weighted by Gasteiger charge is -2.19. The minimum Gasteiger partial charge on any atom is -0.465 e. The molecule has 0 radical (unpaired) electrons. The zero-order valence-electron chi connectivity index (χ0n) is 13.3. The summed E-state index contributed by atoms with van der Waals surface area (Å²) in [6, 6.07) is 1.71.